The van der Waals surface area contributed by atoms with Crippen molar-refractivity contribution in [2.45, 2.75) is 46.2 Å². The Kier molecular flexibility index (Phi) is 4.44. The second-order valence-corrected chi connectivity index (χ2v) is 4.64. The van der Waals surface area contributed by atoms with Crippen LogP contribution in [0.3, 0.4) is 0 Å². The first-order chi connectivity index (χ1) is 9.63. The van der Waals surface area contributed by atoms with E-state index in [1.807, 2.05) is 17.7 Å². The first kappa shape index (κ1) is 14.2. The van der Waals surface area contributed by atoms with Crippen molar-refractivity contribution in [1.82, 2.24) is 30.0 Å². The summed E-state index contributed by atoms with van der Waals surface area (Å²) in [6, 6.07) is 2.16. The fraction of sp³-hybridized carbons (Fsp3) is 0.583. The van der Waals surface area contributed by atoms with Gasteiger partial charge in [0.1, 0.15) is 18.7 Å². The Hall–Kier alpha value is -2.25. The highest BCUT2D eigenvalue weighted by molar-refractivity contribution is 5.89. The van der Waals surface area contributed by atoms with Gasteiger partial charge in [-0.2, -0.15) is 5.10 Å². The molecule has 8 heteroatoms. The fourth-order valence-corrected chi connectivity index (χ4v) is 2.11. The van der Waals surface area contributed by atoms with Gasteiger partial charge in [-0.25, -0.2) is 9.36 Å². The number of rotatable bonds is 6. The lowest BCUT2D eigenvalue weighted by Gasteiger charge is -2.16. The summed E-state index contributed by atoms with van der Waals surface area (Å²) in [6.45, 7) is 6.21. The molecule has 0 saturated carbocycles. The zero-order valence-electron chi connectivity index (χ0n) is 11.9. The molecule has 1 amide bonds. The van der Waals surface area contributed by atoms with Crippen LogP contribution in [0.5, 0.6) is 0 Å². The SMILES string of the molecule is CCC(CC)n1nc(C)cc1NC(=O)Cn1cnnn1. The quantitative estimate of drug-likeness (QED) is 0.856. The van der Waals surface area contributed by atoms with E-state index in [0.717, 1.165) is 18.5 Å². The monoisotopic (exact) mass is 277 g/mol. The molecule has 2 aromatic rings. The molecule has 0 aliphatic rings. The van der Waals surface area contributed by atoms with Crippen molar-refractivity contribution >= 4 is 11.7 Å². The Morgan fingerprint density at radius 1 is 1.40 bits per heavy atom. The highest BCUT2D eigenvalue weighted by Gasteiger charge is 2.15. The van der Waals surface area contributed by atoms with Crippen molar-refractivity contribution in [3.63, 3.8) is 0 Å². The number of tetrazole rings is 1. The van der Waals surface area contributed by atoms with Crippen LogP contribution in [-0.2, 0) is 11.3 Å². The number of amides is 1. The number of hydrogen-bond donors (Lipinski definition) is 1. The Morgan fingerprint density at radius 2 is 2.15 bits per heavy atom. The number of nitrogens with zero attached hydrogens (tertiary/aromatic N) is 6. The van der Waals surface area contributed by atoms with Crippen LogP contribution in [0, 0.1) is 6.92 Å². The van der Waals surface area contributed by atoms with Gasteiger partial charge in [-0.05, 0) is 30.2 Å². The van der Waals surface area contributed by atoms with E-state index in [1.54, 1.807) is 0 Å². The molecule has 0 fully saturated rings. The van der Waals surface area contributed by atoms with Crippen molar-refractivity contribution in [2.24, 2.45) is 0 Å². The summed E-state index contributed by atoms with van der Waals surface area (Å²) in [5.74, 6) is 0.540. The molecule has 8 nitrogen and oxygen atoms in total. The van der Waals surface area contributed by atoms with E-state index < -0.39 is 0 Å². The van der Waals surface area contributed by atoms with E-state index in [1.165, 1.54) is 11.0 Å². The van der Waals surface area contributed by atoms with Gasteiger partial charge >= 0.3 is 0 Å². The van der Waals surface area contributed by atoms with Crippen LogP contribution in [0.2, 0.25) is 0 Å². The summed E-state index contributed by atoms with van der Waals surface area (Å²) < 4.78 is 3.26. The third-order valence-electron chi connectivity index (χ3n) is 3.11. The molecule has 0 spiro atoms. The number of hydrogen-bond acceptors (Lipinski definition) is 5. The summed E-state index contributed by atoms with van der Waals surface area (Å²) in [4.78, 5) is 12.0. The summed E-state index contributed by atoms with van der Waals surface area (Å²) in [5.41, 5.74) is 0.884. The number of carbonyl (C=O) groups excluding carboxylic acids is 1. The Labute approximate surface area is 117 Å². The maximum Gasteiger partial charge on any atom is 0.247 e. The minimum atomic E-state index is -0.176. The van der Waals surface area contributed by atoms with Crippen molar-refractivity contribution in [3.8, 4) is 0 Å². The predicted octanol–water partition coefficient (Wildman–Crippen LogP) is 1.18. The lowest BCUT2D eigenvalue weighted by Crippen LogP contribution is -2.22. The second-order valence-electron chi connectivity index (χ2n) is 4.64. The normalized spacial score (nSPS) is 11.0. The van der Waals surface area contributed by atoms with Crippen LogP contribution >= 0.6 is 0 Å². The highest BCUT2D eigenvalue weighted by Crippen LogP contribution is 2.21. The summed E-state index contributed by atoms with van der Waals surface area (Å²) in [6.07, 6.45) is 3.34. The minimum absolute atomic E-state index is 0.0835. The van der Waals surface area contributed by atoms with Gasteiger partial charge in [-0.1, -0.05) is 13.8 Å². The van der Waals surface area contributed by atoms with E-state index in [2.05, 4.69) is 39.8 Å². The summed E-state index contributed by atoms with van der Waals surface area (Å²) >= 11 is 0. The molecule has 0 aliphatic carbocycles. The lowest BCUT2D eigenvalue weighted by atomic mass is 10.2. The molecule has 0 bridgehead atoms. The molecule has 0 aliphatic heterocycles. The van der Waals surface area contributed by atoms with Crippen molar-refractivity contribution < 1.29 is 4.79 Å². The largest absolute Gasteiger partial charge is 0.309 e. The number of aryl methyl sites for hydroxylation is 1. The maximum absolute atomic E-state index is 12.0. The van der Waals surface area contributed by atoms with Gasteiger partial charge in [0.15, 0.2) is 0 Å². The molecular formula is C12H19N7O. The smallest absolute Gasteiger partial charge is 0.247 e. The number of anilines is 1. The van der Waals surface area contributed by atoms with Crippen LogP contribution < -0.4 is 5.32 Å². The molecule has 0 aromatic carbocycles. The van der Waals surface area contributed by atoms with Gasteiger partial charge in [0.05, 0.1) is 11.7 Å². The van der Waals surface area contributed by atoms with Gasteiger partial charge in [0.25, 0.3) is 0 Å². The molecule has 0 radical (unpaired) electrons. The standard InChI is InChI=1S/C12H19N7O/c1-4-10(5-2)19-11(6-9(3)15-19)14-12(20)7-18-8-13-16-17-18/h6,8,10H,4-5,7H2,1-3H3,(H,14,20). The van der Waals surface area contributed by atoms with E-state index in [4.69, 9.17) is 0 Å². The van der Waals surface area contributed by atoms with Gasteiger partial charge in [-0.15, -0.1) is 5.10 Å². The topological polar surface area (TPSA) is 90.5 Å². The molecule has 2 aromatic heterocycles. The fourth-order valence-electron chi connectivity index (χ4n) is 2.11. The number of nitrogens with one attached hydrogen (secondary N) is 1. The van der Waals surface area contributed by atoms with E-state index in [0.29, 0.717) is 5.82 Å². The van der Waals surface area contributed by atoms with Crippen LogP contribution in [0.4, 0.5) is 5.82 Å². The molecule has 20 heavy (non-hydrogen) atoms. The van der Waals surface area contributed by atoms with E-state index >= 15 is 0 Å². The maximum atomic E-state index is 12.0. The molecule has 2 heterocycles. The van der Waals surface area contributed by atoms with E-state index in [9.17, 15) is 4.79 Å². The molecule has 1 N–H and O–H groups in total. The average molecular weight is 277 g/mol. The molecule has 0 saturated heterocycles. The zero-order valence-corrected chi connectivity index (χ0v) is 11.9. The van der Waals surface area contributed by atoms with Gasteiger partial charge in [0.2, 0.25) is 5.91 Å². The Bertz CT molecular complexity index is 556. The third kappa shape index (κ3) is 3.19. The predicted molar refractivity (Wildman–Crippen MR) is 73.0 cm³/mol. The van der Waals surface area contributed by atoms with Crippen molar-refractivity contribution in [1.29, 1.82) is 0 Å². The van der Waals surface area contributed by atoms with Crippen LogP contribution in [-0.4, -0.2) is 35.9 Å². The minimum Gasteiger partial charge on any atom is -0.309 e. The van der Waals surface area contributed by atoms with Crippen molar-refractivity contribution in [3.05, 3.63) is 18.1 Å². The molecule has 0 unspecified atom stereocenters. The number of carbonyl (C=O) groups is 1. The number of aromatic nitrogens is 6. The van der Waals surface area contributed by atoms with E-state index in [-0.39, 0.29) is 18.5 Å². The highest BCUT2D eigenvalue weighted by atomic mass is 16.2. The van der Waals surface area contributed by atoms with Crippen LogP contribution in [0.25, 0.3) is 0 Å². The van der Waals surface area contributed by atoms with Gasteiger partial charge in [-0.3, -0.25) is 4.79 Å². The molecule has 108 valence electrons. The van der Waals surface area contributed by atoms with Crippen molar-refractivity contribution in [2.75, 3.05) is 5.32 Å². The summed E-state index contributed by atoms with van der Waals surface area (Å²) in [5, 5.41) is 18.0. The first-order valence-electron chi connectivity index (χ1n) is 6.70. The third-order valence-corrected chi connectivity index (χ3v) is 3.11. The van der Waals surface area contributed by atoms with Crippen LogP contribution in [0.1, 0.15) is 38.4 Å². The lowest BCUT2D eigenvalue weighted by molar-refractivity contribution is -0.117. The second kappa shape index (κ2) is 6.27. The van der Waals surface area contributed by atoms with Gasteiger partial charge < -0.3 is 5.32 Å². The first-order valence-corrected chi connectivity index (χ1v) is 6.70. The molecular weight excluding hydrogens is 258 g/mol. The summed E-state index contributed by atoms with van der Waals surface area (Å²) in [7, 11) is 0. The molecule has 2 rings (SSSR count). The Morgan fingerprint density at radius 3 is 2.75 bits per heavy atom. The Balaban J connectivity index is 2.10. The average Bonchev–Trinajstić information content (AvgIpc) is 3.02. The molecule has 0 atom stereocenters. The van der Waals surface area contributed by atoms with Gasteiger partial charge in [0, 0.05) is 6.07 Å². The zero-order chi connectivity index (χ0) is 14.5. The van der Waals surface area contributed by atoms with Crippen LogP contribution in [0.15, 0.2) is 12.4 Å².